The van der Waals surface area contributed by atoms with Gasteiger partial charge in [-0.1, -0.05) is 13.3 Å². The second-order valence-corrected chi connectivity index (χ2v) is 3.83. The number of aliphatic imine (C=N–C) groups is 1. The molecule has 12 heavy (non-hydrogen) atoms. The highest BCUT2D eigenvalue weighted by Crippen LogP contribution is 2.25. The smallest absolute Gasteiger partial charge is 0.0992 e. The second kappa shape index (κ2) is 3.46. The van der Waals surface area contributed by atoms with E-state index in [1.165, 1.54) is 44.5 Å². The quantitative estimate of drug-likeness (QED) is 0.613. The Balaban J connectivity index is 2.02. The highest BCUT2D eigenvalue weighted by atomic mass is 15.2. The molecule has 1 unspecified atom stereocenters. The average Bonchev–Trinajstić information content (AvgIpc) is 2.50. The zero-order valence-corrected chi connectivity index (χ0v) is 7.92. The molecule has 0 bridgehead atoms. The number of hydrogen-bond donors (Lipinski definition) is 0. The molecule has 0 aromatic carbocycles. The normalized spacial score (nSPS) is 28.6. The molecular formula is C10H18N2. The van der Waals surface area contributed by atoms with Crippen LogP contribution in [0.3, 0.4) is 0 Å². The van der Waals surface area contributed by atoms with Crippen LogP contribution in [-0.4, -0.2) is 29.9 Å². The van der Waals surface area contributed by atoms with Crippen molar-refractivity contribution in [3.05, 3.63) is 0 Å². The minimum atomic E-state index is 0.828. The molecule has 0 N–H and O–H groups in total. The Morgan fingerprint density at radius 1 is 1.58 bits per heavy atom. The van der Waals surface area contributed by atoms with E-state index in [0.717, 1.165) is 12.6 Å². The van der Waals surface area contributed by atoms with E-state index in [2.05, 4.69) is 16.8 Å². The summed E-state index contributed by atoms with van der Waals surface area (Å²) in [6, 6.07) is 0.828. The van der Waals surface area contributed by atoms with E-state index in [4.69, 9.17) is 0 Å². The number of hydrogen-bond acceptors (Lipinski definition) is 2. The zero-order valence-electron chi connectivity index (χ0n) is 7.92. The van der Waals surface area contributed by atoms with Gasteiger partial charge in [0.1, 0.15) is 0 Å². The van der Waals surface area contributed by atoms with Crippen molar-refractivity contribution in [3.8, 4) is 0 Å². The van der Waals surface area contributed by atoms with Crippen LogP contribution in [0.25, 0.3) is 0 Å². The number of fused-ring (bicyclic) bond motifs is 1. The zero-order chi connectivity index (χ0) is 8.39. The van der Waals surface area contributed by atoms with Crippen LogP contribution in [0.15, 0.2) is 4.99 Å². The summed E-state index contributed by atoms with van der Waals surface area (Å²) in [5.74, 6) is 1.40. The van der Waals surface area contributed by atoms with E-state index >= 15 is 0 Å². The van der Waals surface area contributed by atoms with Crippen molar-refractivity contribution in [2.75, 3.05) is 13.1 Å². The van der Waals surface area contributed by atoms with Gasteiger partial charge in [0.25, 0.3) is 0 Å². The molecule has 0 spiro atoms. The topological polar surface area (TPSA) is 15.6 Å². The maximum absolute atomic E-state index is 4.57. The molecule has 2 heterocycles. The van der Waals surface area contributed by atoms with E-state index in [1.807, 2.05) is 0 Å². The van der Waals surface area contributed by atoms with Crippen molar-refractivity contribution in [2.45, 2.75) is 45.1 Å². The molecule has 1 saturated heterocycles. The van der Waals surface area contributed by atoms with Gasteiger partial charge in [-0.25, -0.2) is 0 Å². The maximum atomic E-state index is 4.57. The molecule has 2 rings (SSSR count). The number of nitrogens with zero attached hydrogens (tertiary/aromatic N) is 2. The lowest BCUT2D eigenvalue weighted by Gasteiger charge is -2.29. The minimum absolute atomic E-state index is 0.828. The van der Waals surface area contributed by atoms with Crippen LogP contribution in [0.5, 0.6) is 0 Å². The van der Waals surface area contributed by atoms with Gasteiger partial charge in [0.2, 0.25) is 0 Å². The first-order valence-electron chi connectivity index (χ1n) is 5.22. The Morgan fingerprint density at radius 2 is 2.50 bits per heavy atom. The third kappa shape index (κ3) is 1.35. The molecule has 1 fully saturated rings. The summed E-state index contributed by atoms with van der Waals surface area (Å²) in [6.07, 6.45) is 6.54. The highest BCUT2D eigenvalue weighted by molar-refractivity contribution is 5.85. The van der Waals surface area contributed by atoms with Crippen LogP contribution in [-0.2, 0) is 0 Å². The predicted octanol–water partition coefficient (Wildman–Crippen LogP) is 2.05. The lowest BCUT2D eigenvalue weighted by atomic mass is 10.1. The molecule has 0 saturated carbocycles. The van der Waals surface area contributed by atoms with Gasteiger partial charge in [0.15, 0.2) is 0 Å². The van der Waals surface area contributed by atoms with Gasteiger partial charge in [-0.3, -0.25) is 4.99 Å². The fraction of sp³-hybridized carbons (Fsp3) is 0.900. The first-order valence-corrected chi connectivity index (χ1v) is 5.22. The minimum Gasteiger partial charge on any atom is -0.357 e. The van der Waals surface area contributed by atoms with Gasteiger partial charge in [0.05, 0.1) is 5.84 Å². The molecule has 0 aromatic rings. The van der Waals surface area contributed by atoms with Crippen molar-refractivity contribution in [3.63, 3.8) is 0 Å². The summed E-state index contributed by atoms with van der Waals surface area (Å²) in [5.41, 5.74) is 0. The molecule has 2 nitrogen and oxygen atoms in total. The van der Waals surface area contributed by atoms with Gasteiger partial charge in [0, 0.05) is 25.6 Å². The Bertz CT molecular complexity index is 186. The first kappa shape index (κ1) is 8.09. The van der Waals surface area contributed by atoms with E-state index < -0.39 is 0 Å². The van der Waals surface area contributed by atoms with Crippen molar-refractivity contribution in [1.82, 2.24) is 4.90 Å². The molecule has 2 heteroatoms. The van der Waals surface area contributed by atoms with Crippen LogP contribution in [0.1, 0.15) is 39.0 Å². The fourth-order valence-electron chi connectivity index (χ4n) is 2.37. The molecule has 0 amide bonds. The van der Waals surface area contributed by atoms with E-state index in [-0.39, 0.29) is 0 Å². The van der Waals surface area contributed by atoms with Crippen LogP contribution >= 0.6 is 0 Å². The SMILES string of the molecule is CCCC1CCC2=NCCCN21. The Kier molecular flexibility index (Phi) is 2.33. The van der Waals surface area contributed by atoms with Crippen molar-refractivity contribution < 1.29 is 0 Å². The molecule has 0 aromatic heterocycles. The number of rotatable bonds is 2. The van der Waals surface area contributed by atoms with Gasteiger partial charge >= 0.3 is 0 Å². The monoisotopic (exact) mass is 166 g/mol. The molecule has 2 aliphatic rings. The van der Waals surface area contributed by atoms with Crippen LogP contribution < -0.4 is 0 Å². The van der Waals surface area contributed by atoms with Crippen molar-refractivity contribution in [1.29, 1.82) is 0 Å². The van der Waals surface area contributed by atoms with Crippen LogP contribution in [0.2, 0.25) is 0 Å². The van der Waals surface area contributed by atoms with Gasteiger partial charge in [-0.15, -0.1) is 0 Å². The maximum Gasteiger partial charge on any atom is 0.0992 e. The predicted molar refractivity (Wildman–Crippen MR) is 51.6 cm³/mol. The molecular weight excluding hydrogens is 148 g/mol. The Labute approximate surface area is 74.7 Å². The molecule has 68 valence electrons. The highest BCUT2D eigenvalue weighted by Gasteiger charge is 2.29. The Morgan fingerprint density at radius 3 is 3.33 bits per heavy atom. The van der Waals surface area contributed by atoms with Gasteiger partial charge in [-0.05, 0) is 19.3 Å². The summed E-state index contributed by atoms with van der Waals surface area (Å²) in [5, 5.41) is 0. The summed E-state index contributed by atoms with van der Waals surface area (Å²) in [4.78, 5) is 7.12. The lowest BCUT2D eigenvalue weighted by molar-refractivity contribution is 0.305. The third-order valence-corrected chi connectivity index (χ3v) is 2.95. The molecule has 0 aliphatic carbocycles. The fourth-order valence-corrected chi connectivity index (χ4v) is 2.37. The summed E-state index contributed by atoms with van der Waals surface area (Å²) >= 11 is 0. The van der Waals surface area contributed by atoms with E-state index in [0.29, 0.717) is 0 Å². The number of amidine groups is 1. The largest absolute Gasteiger partial charge is 0.357 e. The average molecular weight is 166 g/mol. The lowest BCUT2D eigenvalue weighted by Crippen LogP contribution is -2.36. The van der Waals surface area contributed by atoms with Crippen LogP contribution in [0, 0.1) is 0 Å². The van der Waals surface area contributed by atoms with E-state index in [9.17, 15) is 0 Å². The summed E-state index contributed by atoms with van der Waals surface area (Å²) < 4.78 is 0. The molecule has 1 atom stereocenters. The standard InChI is InChI=1S/C10H18N2/c1-2-4-9-5-6-10-11-7-3-8-12(9)10/h9H,2-8H2,1H3. The molecule has 2 aliphatic heterocycles. The first-order chi connectivity index (χ1) is 5.92. The van der Waals surface area contributed by atoms with Gasteiger partial charge in [-0.2, -0.15) is 0 Å². The van der Waals surface area contributed by atoms with Gasteiger partial charge < -0.3 is 4.90 Å². The van der Waals surface area contributed by atoms with Crippen molar-refractivity contribution >= 4 is 5.84 Å². The third-order valence-electron chi connectivity index (χ3n) is 2.95. The van der Waals surface area contributed by atoms with E-state index in [1.54, 1.807) is 0 Å². The summed E-state index contributed by atoms with van der Waals surface area (Å²) in [7, 11) is 0. The molecule has 0 radical (unpaired) electrons. The van der Waals surface area contributed by atoms with Crippen LogP contribution in [0.4, 0.5) is 0 Å². The Hall–Kier alpha value is -0.530. The second-order valence-electron chi connectivity index (χ2n) is 3.83. The summed E-state index contributed by atoms with van der Waals surface area (Å²) in [6.45, 7) is 4.62. The van der Waals surface area contributed by atoms with Crippen molar-refractivity contribution in [2.24, 2.45) is 4.99 Å².